The number of nitrogens with zero attached hydrogens (tertiary/aromatic N) is 3. The highest BCUT2D eigenvalue weighted by molar-refractivity contribution is 9.10. The monoisotopic (exact) mass is 337 g/mol. The van der Waals surface area contributed by atoms with Gasteiger partial charge in [0.25, 0.3) is 5.69 Å². The number of nitro groups is 1. The molecule has 2 aromatic rings. The van der Waals surface area contributed by atoms with Crippen LogP contribution in [0.4, 0.5) is 5.69 Å². The minimum atomic E-state index is -0.439. The van der Waals surface area contributed by atoms with E-state index in [-0.39, 0.29) is 5.69 Å². The summed E-state index contributed by atoms with van der Waals surface area (Å²) in [4.78, 5) is 21.4. The van der Waals surface area contributed by atoms with Gasteiger partial charge in [-0.05, 0) is 35.3 Å². The fourth-order valence-electron chi connectivity index (χ4n) is 2.03. The first-order chi connectivity index (χ1) is 9.45. The third kappa shape index (κ3) is 2.49. The molecule has 0 fully saturated rings. The Morgan fingerprint density at radius 2 is 2.15 bits per heavy atom. The van der Waals surface area contributed by atoms with Crippen LogP contribution in [0.2, 0.25) is 0 Å². The van der Waals surface area contributed by atoms with Gasteiger partial charge < -0.3 is 0 Å². The standard InChI is InChI=1S/C13H12BrN3O3/c1-8-11(7-18)9(2)16(15-8)6-10-4-3-5-12(13(10)14)17(19)20/h3-5,7H,6H2,1-2H3. The van der Waals surface area contributed by atoms with Crippen LogP contribution in [0.3, 0.4) is 0 Å². The molecule has 0 aliphatic rings. The maximum Gasteiger partial charge on any atom is 0.283 e. The topological polar surface area (TPSA) is 78.0 Å². The van der Waals surface area contributed by atoms with E-state index >= 15 is 0 Å². The molecule has 0 amide bonds. The molecule has 0 saturated heterocycles. The van der Waals surface area contributed by atoms with E-state index in [1.807, 2.05) is 0 Å². The summed E-state index contributed by atoms with van der Waals surface area (Å²) in [5.41, 5.74) is 2.71. The number of halogens is 1. The molecule has 0 atom stereocenters. The predicted molar refractivity (Wildman–Crippen MR) is 77.0 cm³/mol. The number of hydrogen-bond acceptors (Lipinski definition) is 4. The van der Waals surface area contributed by atoms with Crippen LogP contribution in [0.5, 0.6) is 0 Å². The van der Waals surface area contributed by atoms with E-state index < -0.39 is 4.92 Å². The smallest absolute Gasteiger partial charge is 0.283 e. The fraction of sp³-hybridized carbons (Fsp3) is 0.231. The van der Waals surface area contributed by atoms with Gasteiger partial charge in [-0.15, -0.1) is 0 Å². The average Bonchev–Trinajstić information content (AvgIpc) is 2.66. The number of carbonyl (C=O) groups excluding carboxylic acids is 1. The van der Waals surface area contributed by atoms with E-state index in [0.717, 1.165) is 17.5 Å². The molecule has 0 saturated carbocycles. The van der Waals surface area contributed by atoms with E-state index in [2.05, 4.69) is 21.0 Å². The lowest BCUT2D eigenvalue weighted by atomic mass is 10.2. The van der Waals surface area contributed by atoms with Crippen molar-refractivity contribution in [3.05, 3.63) is 55.3 Å². The van der Waals surface area contributed by atoms with Crippen molar-refractivity contribution in [2.24, 2.45) is 0 Å². The molecule has 0 unspecified atom stereocenters. The average molecular weight is 338 g/mol. The van der Waals surface area contributed by atoms with Crippen LogP contribution in [-0.2, 0) is 6.54 Å². The van der Waals surface area contributed by atoms with Crippen LogP contribution in [-0.4, -0.2) is 21.0 Å². The quantitative estimate of drug-likeness (QED) is 0.488. The first kappa shape index (κ1) is 14.4. The van der Waals surface area contributed by atoms with Crippen LogP contribution < -0.4 is 0 Å². The van der Waals surface area contributed by atoms with Crippen molar-refractivity contribution in [2.75, 3.05) is 0 Å². The van der Waals surface area contributed by atoms with Crippen molar-refractivity contribution in [3.63, 3.8) is 0 Å². The molecule has 0 radical (unpaired) electrons. The molecule has 1 aromatic carbocycles. The number of aromatic nitrogens is 2. The van der Waals surface area contributed by atoms with Crippen molar-refractivity contribution in [1.29, 1.82) is 0 Å². The number of nitro benzene ring substituents is 1. The molecule has 0 spiro atoms. The maximum absolute atomic E-state index is 11.0. The van der Waals surface area contributed by atoms with Gasteiger partial charge in [0.15, 0.2) is 6.29 Å². The second kappa shape index (κ2) is 5.54. The van der Waals surface area contributed by atoms with Crippen LogP contribution >= 0.6 is 15.9 Å². The molecule has 0 aliphatic heterocycles. The molecule has 6 nitrogen and oxygen atoms in total. The van der Waals surface area contributed by atoms with Gasteiger partial charge >= 0.3 is 0 Å². The van der Waals surface area contributed by atoms with Crippen LogP contribution in [0, 0.1) is 24.0 Å². The molecule has 0 aliphatic carbocycles. The zero-order valence-corrected chi connectivity index (χ0v) is 12.5. The van der Waals surface area contributed by atoms with Crippen LogP contribution in [0.1, 0.15) is 27.3 Å². The van der Waals surface area contributed by atoms with Crippen molar-refractivity contribution >= 4 is 27.9 Å². The second-order valence-electron chi connectivity index (χ2n) is 4.37. The van der Waals surface area contributed by atoms with E-state index in [0.29, 0.717) is 22.3 Å². The molecular formula is C13H12BrN3O3. The van der Waals surface area contributed by atoms with E-state index in [9.17, 15) is 14.9 Å². The van der Waals surface area contributed by atoms with Crippen LogP contribution in [0.25, 0.3) is 0 Å². The Hall–Kier alpha value is -2.02. The Balaban J connectivity index is 2.43. The van der Waals surface area contributed by atoms with Gasteiger partial charge in [0, 0.05) is 11.8 Å². The molecule has 1 heterocycles. The highest BCUT2D eigenvalue weighted by Crippen LogP contribution is 2.29. The number of carbonyl (C=O) groups is 1. The molecular weight excluding hydrogens is 326 g/mol. The number of aryl methyl sites for hydroxylation is 1. The fourth-order valence-corrected chi connectivity index (χ4v) is 2.56. The van der Waals surface area contributed by atoms with E-state index in [1.165, 1.54) is 6.07 Å². The minimum absolute atomic E-state index is 0.0136. The number of hydrogen-bond donors (Lipinski definition) is 0. The van der Waals surface area contributed by atoms with Gasteiger partial charge in [-0.25, -0.2) is 0 Å². The Labute approximate surface area is 123 Å². The van der Waals surface area contributed by atoms with Crippen molar-refractivity contribution in [3.8, 4) is 0 Å². The van der Waals surface area contributed by atoms with Gasteiger partial charge in [0.05, 0.1) is 22.7 Å². The minimum Gasteiger partial charge on any atom is -0.298 e. The number of rotatable bonds is 4. The highest BCUT2D eigenvalue weighted by Gasteiger charge is 2.17. The van der Waals surface area contributed by atoms with E-state index in [1.54, 1.807) is 30.7 Å². The first-order valence-corrected chi connectivity index (χ1v) is 6.66. The summed E-state index contributed by atoms with van der Waals surface area (Å²) >= 11 is 3.25. The van der Waals surface area contributed by atoms with Gasteiger partial charge in [-0.2, -0.15) is 5.10 Å². The summed E-state index contributed by atoms with van der Waals surface area (Å²) in [6.07, 6.45) is 0.774. The second-order valence-corrected chi connectivity index (χ2v) is 5.16. The van der Waals surface area contributed by atoms with Gasteiger partial charge in [-0.1, -0.05) is 12.1 Å². The maximum atomic E-state index is 11.0. The molecule has 104 valence electrons. The Morgan fingerprint density at radius 1 is 1.45 bits per heavy atom. The van der Waals surface area contributed by atoms with Crippen molar-refractivity contribution < 1.29 is 9.72 Å². The van der Waals surface area contributed by atoms with E-state index in [4.69, 9.17) is 0 Å². The normalized spacial score (nSPS) is 10.6. The largest absolute Gasteiger partial charge is 0.298 e. The zero-order valence-electron chi connectivity index (χ0n) is 11.0. The molecule has 7 heteroatoms. The summed E-state index contributed by atoms with van der Waals surface area (Å²) in [5, 5.41) is 15.2. The third-order valence-electron chi connectivity index (χ3n) is 3.13. The van der Waals surface area contributed by atoms with Crippen LogP contribution in [0.15, 0.2) is 22.7 Å². The summed E-state index contributed by atoms with van der Waals surface area (Å²) in [5.74, 6) is 0. The Morgan fingerprint density at radius 3 is 2.70 bits per heavy atom. The molecule has 0 bridgehead atoms. The number of aldehydes is 1. The SMILES string of the molecule is Cc1nn(Cc2cccc([N+](=O)[O-])c2Br)c(C)c1C=O. The molecule has 2 rings (SSSR count). The summed E-state index contributed by atoms with van der Waals surface area (Å²) in [6.45, 7) is 3.92. The van der Waals surface area contributed by atoms with Gasteiger partial charge in [0.2, 0.25) is 0 Å². The lowest BCUT2D eigenvalue weighted by molar-refractivity contribution is -0.385. The predicted octanol–water partition coefficient (Wildman–Crippen LogP) is 3.03. The third-order valence-corrected chi connectivity index (χ3v) is 4.05. The lowest BCUT2D eigenvalue weighted by Gasteiger charge is -2.07. The Kier molecular flexibility index (Phi) is 3.99. The van der Waals surface area contributed by atoms with Gasteiger partial charge in [-0.3, -0.25) is 19.6 Å². The van der Waals surface area contributed by atoms with Crippen molar-refractivity contribution in [1.82, 2.24) is 9.78 Å². The molecule has 1 aromatic heterocycles. The lowest BCUT2D eigenvalue weighted by Crippen LogP contribution is -2.06. The van der Waals surface area contributed by atoms with Gasteiger partial charge in [0.1, 0.15) is 4.47 Å². The summed E-state index contributed by atoms with van der Waals surface area (Å²) in [6, 6.07) is 4.85. The highest BCUT2D eigenvalue weighted by atomic mass is 79.9. The first-order valence-electron chi connectivity index (χ1n) is 5.86. The van der Waals surface area contributed by atoms with Crippen molar-refractivity contribution in [2.45, 2.75) is 20.4 Å². The summed E-state index contributed by atoms with van der Waals surface area (Å²) in [7, 11) is 0. The molecule has 0 N–H and O–H groups in total. The zero-order chi connectivity index (χ0) is 14.9. The number of benzene rings is 1. The Bertz CT molecular complexity index is 694. The molecule has 20 heavy (non-hydrogen) atoms. The summed E-state index contributed by atoms with van der Waals surface area (Å²) < 4.78 is 2.10.